The van der Waals surface area contributed by atoms with E-state index in [2.05, 4.69) is 15.3 Å². The number of allylic oxidation sites excluding steroid dienone is 1. The van der Waals surface area contributed by atoms with Crippen LogP contribution in [0.25, 0.3) is 10.4 Å². The molecule has 0 spiro atoms. The van der Waals surface area contributed by atoms with Gasteiger partial charge in [-0.05, 0) is 37.9 Å². The Morgan fingerprint density at radius 2 is 2.00 bits per heavy atom. The molecule has 10 nitrogen and oxygen atoms in total. The molecule has 0 aromatic heterocycles. The minimum absolute atomic E-state index is 0.0869. The Bertz CT molecular complexity index is 1060. The van der Waals surface area contributed by atoms with Gasteiger partial charge in [0.05, 0.1) is 71.9 Å². The van der Waals surface area contributed by atoms with Crippen molar-refractivity contribution in [2.75, 3.05) is 33.5 Å². The molecule has 0 bridgehead atoms. The summed E-state index contributed by atoms with van der Waals surface area (Å²) in [5, 5.41) is 17.1. The van der Waals surface area contributed by atoms with Crippen LogP contribution in [0.3, 0.4) is 0 Å². The van der Waals surface area contributed by atoms with E-state index in [4.69, 9.17) is 42.9 Å². The Labute approximate surface area is 207 Å². The minimum atomic E-state index is -1.43. The SMILES string of the molecule is CCOC(=O)C1=C(COCC(C)(O)CN=[N+]=[N-])NC(C)=C(C(=O)OC)C1c1cccc(Cl)c1Cl. The third-order valence-electron chi connectivity index (χ3n) is 4.97. The van der Waals surface area contributed by atoms with E-state index in [1.54, 1.807) is 32.0 Å². The highest BCUT2D eigenvalue weighted by Gasteiger charge is 2.40. The van der Waals surface area contributed by atoms with E-state index in [0.717, 1.165) is 0 Å². The second-order valence-corrected chi connectivity index (χ2v) is 8.51. The Morgan fingerprint density at radius 3 is 2.62 bits per heavy atom. The van der Waals surface area contributed by atoms with Gasteiger partial charge in [-0.3, -0.25) is 0 Å². The number of esters is 2. The van der Waals surface area contributed by atoms with E-state index >= 15 is 0 Å². The van der Waals surface area contributed by atoms with Crippen molar-refractivity contribution < 1.29 is 28.9 Å². The zero-order chi connectivity index (χ0) is 25.5. The van der Waals surface area contributed by atoms with Crippen LogP contribution < -0.4 is 5.32 Å². The molecule has 1 aliphatic heterocycles. The number of hydrogen-bond acceptors (Lipinski definition) is 8. The second kappa shape index (κ2) is 12.1. The summed E-state index contributed by atoms with van der Waals surface area (Å²) in [5.41, 5.74) is 8.44. The van der Waals surface area contributed by atoms with Gasteiger partial charge in [0.2, 0.25) is 0 Å². The van der Waals surface area contributed by atoms with Crippen molar-refractivity contribution in [1.82, 2.24) is 5.32 Å². The van der Waals surface area contributed by atoms with Crippen molar-refractivity contribution in [2.45, 2.75) is 32.3 Å². The summed E-state index contributed by atoms with van der Waals surface area (Å²) in [6.07, 6.45) is 0. The Kier molecular flexibility index (Phi) is 9.78. The average molecular weight is 513 g/mol. The first-order valence-corrected chi connectivity index (χ1v) is 11.0. The molecule has 0 saturated heterocycles. The number of aliphatic hydroxyl groups is 1. The van der Waals surface area contributed by atoms with Gasteiger partial charge in [-0.2, -0.15) is 0 Å². The summed E-state index contributed by atoms with van der Waals surface area (Å²) < 4.78 is 15.9. The molecular weight excluding hydrogens is 487 g/mol. The number of methoxy groups -OCH3 is 1. The van der Waals surface area contributed by atoms with Crippen LogP contribution >= 0.6 is 23.2 Å². The Hall–Kier alpha value is -2.75. The largest absolute Gasteiger partial charge is 0.466 e. The van der Waals surface area contributed by atoms with Gasteiger partial charge < -0.3 is 24.6 Å². The van der Waals surface area contributed by atoms with Gasteiger partial charge in [-0.1, -0.05) is 40.4 Å². The van der Waals surface area contributed by atoms with Crippen LogP contribution in [0.1, 0.15) is 32.3 Å². The summed E-state index contributed by atoms with van der Waals surface area (Å²) in [6, 6.07) is 4.90. The van der Waals surface area contributed by atoms with Crippen LogP contribution in [0, 0.1) is 0 Å². The lowest BCUT2D eigenvalue weighted by molar-refractivity contribution is -0.139. The first kappa shape index (κ1) is 27.5. The molecule has 0 saturated carbocycles. The van der Waals surface area contributed by atoms with Gasteiger partial charge in [0.15, 0.2) is 0 Å². The van der Waals surface area contributed by atoms with E-state index in [1.165, 1.54) is 14.0 Å². The molecule has 2 atom stereocenters. The number of azide groups is 1. The van der Waals surface area contributed by atoms with Gasteiger partial charge >= 0.3 is 11.9 Å². The summed E-state index contributed by atoms with van der Waals surface area (Å²) in [6.45, 7) is 4.30. The van der Waals surface area contributed by atoms with Crippen LogP contribution in [0.15, 0.2) is 45.9 Å². The zero-order valence-corrected chi connectivity index (χ0v) is 20.7. The van der Waals surface area contributed by atoms with E-state index in [1.807, 2.05) is 0 Å². The predicted octanol–water partition coefficient (Wildman–Crippen LogP) is 4.02. The maximum absolute atomic E-state index is 13.1. The number of nitrogens with zero attached hydrogens (tertiary/aromatic N) is 3. The van der Waals surface area contributed by atoms with E-state index in [-0.39, 0.29) is 47.6 Å². The normalized spacial score (nSPS) is 17.4. The van der Waals surface area contributed by atoms with E-state index < -0.39 is 23.5 Å². The van der Waals surface area contributed by atoms with Crippen LogP contribution in [0.4, 0.5) is 0 Å². The highest BCUT2D eigenvalue weighted by molar-refractivity contribution is 6.42. The van der Waals surface area contributed by atoms with E-state index in [9.17, 15) is 14.7 Å². The lowest BCUT2D eigenvalue weighted by Crippen LogP contribution is -2.37. The molecule has 0 radical (unpaired) electrons. The van der Waals surface area contributed by atoms with Crippen molar-refractivity contribution in [3.8, 4) is 0 Å². The van der Waals surface area contributed by atoms with Crippen LogP contribution in [0.2, 0.25) is 10.0 Å². The number of carbonyl (C=O) groups is 2. The van der Waals surface area contributed by atoms with Gasteiger partial charge in [0.25, 0.3) is 0 Å². The number of ether oxygens (including phenoxy) is 3. The summed E-state index contributed by atoms with van der Waals surface area (Å²) in [7, 11) is 1.23. The fourth-order valence-electron chi connectivity index (χ4n) is 3.50. The second-order valence-electron chi connectivity index (χ2n) is 7.72. The smallest absolute Gasteiger partial charge is 0.336 e. The number of benzene rings is 1. The maximum Gasteiger partial charge on any atom is 0.336 e. The van der Waals surface area contributed by atoms with Gasteiger partial charge in [0, 0.05) is 10.6 Å². The van der Waals surface area contributed by atoms with Crippen LogP contribution in [-0.4, -0.2) is 56.1 Å². The third kappa shape index (κ3) is 6.43. The first-order chi connectivity index (χ1) is 16.1. The molecule has 1 aliphatic rings. The zero-order valence-electron chi connectivity index (χ0n) is 19.2. The number of halogens is 2. The number of nitrogens with one attached hydrogen (secondary N) is 1. The molecule has 12 heteroatoms. The lowest BCUT2D eigenvalue weighted by atomic mass is 9.80. The molecule has 0 amide bonds. The summed E-state index contributed by atoms with van der Waals surface area (Å²) in [5.74, 6) is -2.31. The van der Waals surface area contributed by atoms with Crippen LogP contribution in [0.5, 0.6) is 0 Å². The fourth-order valence-corrected chi connectivity index (χ4v) is 3.91. The van der Waals surface area contributed by atoms with Crippen molar-refractivity contribution in [3.05, 3.63) is 66.8 Å². The maximum atomic E-state index is 13.1. The molecule has 34 heavy (non-hydrogen) atoms. The Morgan fingerprint density at radius 1 is 1.29 bits per heavy atom. The van der Waals surface area contributed by atoms with E-state index in [0.29, 0.717) is 17.0 Å². The molecule has 2 rings (SSSR count). The molecule has 0 fully saturated rings. The van der Waals surface area contributed by atoms with Crippen molar-refractivity contribution in [2.24, 2.45) is 5.11 Å². The molecular formula is C22H26Cl2N4O6. The minimum Gasteiger partial charge on any atom is -0.466 e. The molecule has 2 unspecified atom stereocenters. The third-order valence-corrected chi connectivity index (χ3v) is 5.81. The number of rotatable bonds is 10. The van der Waals surface area contributed by atoms with Gasteiger partial charge in [0.1, 0.15) is 0 Å². The van der Waals surface area contributed by atoms with Crippen LogP contribution in [-0.2, 0) is 23.8 Å². The molecule has 2 N–H and O–H groups in total. The fraction of sp³-hybridized carbons (Fsp3) is 0.455. The molecule has 184 valence electrons. The summed E-state index contributed by atoms with van der Waals surface area (Å²) >= 11 is 12.7. The molecule has 0 aliphatic carbocycles. The Balaban J connectivity index is 2.60. The standard InChI is InChI=1S/C22H26Cl2N4O6/c1-5-34-21(30)18-15(9-33-11-22(3,31)10-26-28-25)27-12(2)16(20(29)32-4)17(18)13-7-6-8-14(23)19(13)24/h6-8,17,27,31H,5,9-11H2,1-4H3. The highest BCUT2D eigenvalue weighted by atomic mass is 35.5. The number of carbonyl (C=O) groups excluding carboxylic acids is 2. The van der Waals surface area contributed by atoms with Crippen molar-refractivity contribution in [3.63, 3.8) is 0 Å². The quantitative estimate of drug-likeness (QED) is 0.208. The summed E-state index contributed by atoms with van der Waals surface area (Å²) in [4.78, 5) is 28.5. The lowest BCUT2D eigenvalue weighted by Gasteiger charge is -2.32. The van der Waals surface area contributed by atoms with Crippen molar-refractivity contribution >= 4 is 35.1 Å². The predicted molar refractivity (Wildman–Crippen MR) is 126 cm³/mol. The molecule has 1 aromatic carbocycles. The van der Waals surface area contributed by atoms with Gasteiger partial charge in [-0.25, -0.2) is 9.59 Å². The molecule has 1 heterocycles. The average Bonchev–Trinajstić information content (AvgIpc) is 2.78. The highest BCUT2D eigenvalue weighted by Crippen LogP contribution is 2.43. The number of hydrogen-bond donors (Lipinski definition) is 2. The topological polar surface area (TPSA) is 143 Å². The first-order valence-electron chi connectivity index (χ1n) is 10.3. The van der Waals surface area contributed by atoms with Gasteiger partial charge in [-0.15, -0.1) is 0 Å². The monoisotopic (exact) mass is 512 g/mol. The van der Waals surface area contributed by atoms with Crippen molar-refractivity contribution in [1.29, 1.82) is 0 Å². The molecule has 1 aromatic rings. The number of dihydropyridines is 1.